The van der Waals surface area contributed by atoms with Crippen molar-refractivity contribution in [3.8, 4) is 6.07 Å². The highest BCUT2D eigenvalue weighted by molar-refractivity contribution is 6.20. The van der Waals surface area contributed by atoms with Gasteiger partial charge in [-0.25, -0.2) is 4.99 Å². The second-order valence-electron chi connectivity index (χ2n) is 7.55. The van der Waals surface area contributed by atoms with Crippen molar-refractivity contribution >= 4 is 29.0 Å². The van der Waals surface area contributed by atoms with Gasteiger partial charge in [-0.15, -0.1) is 0 Å². The van der Waals surface area contributed by atoms with Crippen molar-refractivity contribution in [2.24, 2.45) is 4.99 Å². The SMILES string of the molecule is N#C/C(C(=O)NC1CCCC1)=C1/N=C(NC(=O)c2ccc([N+](=O)[O-])cc2)c2ccccc21. The lowest BCUT2D eigenvalue weighted by Crippen LogP contribution is -2.33. The van der Waals surface area contributed by atoms with Crippen LogP contribution in [-0.2, 0) is 4.79 Å². The van der Waals surface area contributed by atoms with Gasteiger partial charge in [0.05, 0.1) is 10.6 Å². The predicted molar refractivity (Wildman–Crippen MR) is 116 cm³/mol. The zero-order chi connectivity index (χ0) is 22.7. The van der Waals surface area contributed by atoms with E-state index in [-0.39, 0.29) is 34.4 Å². The molecule has 0 bridgehead atoms. The van der Waals surface area contributed by atoms with Crippen LogP contribution in [0.1, 0.15) is 47.2 Å². The van der Waals surface area contributed by atoms with Crippen LogP contribution >= 0.6 is 0 Å². The molecule has 2 aromatic rings. The fourth-order valence-corrected chi connectivity index (χ4v) is 3.87. The first-order chi connectivity index (χ1) is 15.5. The third-order valence-corrected chi connectivity index (χ3v) is 5.50. The number of nitro groups is 1. The summed E-state index contributed by atoms with van der Waals surface area (Å²) in [7, 11) is 0. The molecule has 0 aromatic heterocycles. The number of nitrogens with one attached hydrogen (secondary N) is 2. The molecule has 1 aliphatic heterocycles. The zero-order valence-corrected chi connectivity index (χ0v) is 17.0. The van der Waals surface area contributed by atoms with Gasteiger partial charge in [-0.2, -0.15) is 5.26 Å². The number of nitrogens with zero attached hydrogens (tertiary/aromatic N) is 3. The molecule has 0 saturated heterocycles. The summed E-state index contributed by atoms with van der Waals surface area (Å²) in [6.45, 7) is 0. The molecule has 2 N–H and O–H groups in total. The second kappa shape index (κ2) is 8.81. The van der Waals surface area contributed by atoms with E-state index >= 15 is 0 Å². The average molecular weight is 429 g/mol. The highest BCUT2D eigenvalue weighted by Gasteiger charge is 2.28. The topological polar surface area (TPSA) is 137 Å². The molecule has 0 unspecified atom stereocenters. The number of amides is 2. The maximum absolute atomic E-state index is 12.8. The number of non-ortho nitro benzene ring substituents is 1. The summed E-state index contributed by atoms with van der Waals surface area (Å²) in [5, 5.41) is 26.1. The minimum atomic E-state index is -0.546. The number of carbonyl (C=O) groups excluding carboxylic acids is 2. The average Bonchev–Trinajstić information content (AvgIpc) is 3.43. The normalized spacial score (nSPS) is 16.5. The van der Waals surface area contributed by atoms with Gasteiger partial charge < -0.3 is 10.6 Å². The highest BCUT2D eigenvalue weighted by Crippen LogP contribution is 2.31. The van der Waals surface area contributed by atoms with Gasteiger partial charge in [0.2, 0.25) is 0 Å². The summed E-state index contributed by atoms with van der Waals surface area (Å²) in [6, 6.07) is 14.2. The number of amidine groups is 1. The third kappa shape index (κ3) is 4.11. The number of aliphatic imine (C=N–C) groups is 1. The Morgan fingerprint density at radius 1 is 1.06 bits per heavy atom. The second-order valence-corrected chi connectivity index (χ2v) is 7.55. The van der Waals surface area contributed by atoms with E-state index in [2.05, 4.69) is 15.6 Å². The molecular formula is C23H19N5O4. The number of nitro benzene ring substituents is 1. The van der Waals surface area contributed by atoms with E-state index in [4.69, 9.17) is 0 Å². The van der Waals surface area contributed by atoms with Crippen LogP contribution in [0.15, 0.2) is 59.1 Å². The number of benzene rings is 2. The molecule has 4 rings (SSSR count). The van der Waals surface area contributed by atoms with Gasteiger partial charge >= 0.3 is 0 Å². The van der Waals surface area contributed by atoms with Crippen molar-refractivity contribution in [2.75, 3.05) is 0 Å². The third-order valence-electron chi connectivity index (χ3n) is 5.50. The van der Waals surface area contributed by atoms with Gasteiger partial charge in [0, 0.05) is 34.9 Å². The van der Waals surface area contributed by atoms with Gasteiger partial charge in [-0.05, 0) is 25.0 Å². The summed E-state index contributed by atoms with van der Waals surface area (Å²) in [6.07, 6.45) is 3.86. The highest BCUT2D eigenvalue weighted by atomic mass is 16.6. The van der Waals surface area contributed by atoms with E-state index < -0.39 is 16.7 Å². The Bertz CT molecular complexity index is 1200. The molecule has 2 aliphatic rings. The molecular weight excluding hydrogens is 410 g/mol. The Balaban J connectivity index is 1.63. The summed E-state index contributed by atoms with van der Waals surface area (Å²) < 4.78 is 0. The van der Waals surface area contributed by atoms with E-state index in [1.165, 1.54) is 24.3 Å². The predicted octanol–water partition coefficient (Wildman–Crippen LogP) is 3.08. The molecule has 2 amide bonds. The first-order valence-electron chi connectivity index (χ1n) is 10.2. The Hall–Kier alpha value is -4.32. The van der Waals surface area contributed by atoms with E-state index in [1.54, 1.807) is 24.3 Å². The molecule has 160 valence electrons. The monoisotopic (exact) mass is 429 g/mol. The molecule has 1 saturated carbocycles. The smallest absolute Gasteiger partial charge is 0.269 e. The molecule has 1 heterocycles. The van der Waals surface area contributed by atoms with Crippen LogP contribution in [0.4, 0.5) is 5.69 Å². The summed E-state index contributed by atoms with van der Waals surface area (Å²) >= 11 is 0. The van der Waals surface area contributed by atoms with E-state index in [9.17, 15) is 25.0 Å². The minimum absolute atomic E-state index is 0.0494. The molecule has 9 nitrogen and oxygen atoms in total. The molecule has 1 aliphatic carbocycles. The van der Waals surface area contributed by atoms with Crippen LogP contribution in [0.25, 0.3) is 5.70 Å². The standard InChI is InChI=1S/C23H19N5O4/c24-13-19(23(30)25-15-5-1-2-6-15)20-17-7-3-4-8-18(17)21(26-20)27-22(29)14-9-11-16(12-10-14)28(31)32/h3-4,7-12,15H,1-2,5-6H2,(H,25,30)(H,26,27,29)/b20-19-. The number of rotatable bonds is 4. The molecule has 1 fully saturated rings. The number of hydrogen-bond donors (Lipinski definition) is 2. The van der Waals surface area contributed by atoms with Gasteiger partial charge in [0.15, 0.2) is 0 Å². The van der Waals surface area contributed by atoms with Crippen LogP contribution in [0, 0.1) is 21.4 Å². The lowest BCUT2D eigenvalue weighted by Gasteiger charge is -2.11. The van der Waals surface area contributed by atoms with E-state index in [1.807, 2.05) is 6.07 Å². The van der Waals surface area contributed by atoms with Crippen molar-refractivity contribution in [3.63, 3.8) is 0 Å². The molecule has 2 aromatic carbocycles. The molecule has 32 heavy (non-hydrogen) atoms. The molecule has 9 heteroatoms. The van der Waals surface area contributed by atoms with Crippen LogP contribution in [0.3, 0.4) is 0 Å². The maximum Gasteiger partial charge on any atom is 0.269 e. The molecule has 0 radical (unpaired) electrons. The van der Waals surface area contributed by atoms with Crippen molar-refractivity contribution in [2.45, 2.75) is 31.7 Å². The van der Waals surface area contributed by atoms with Crippen molar-refractivity contribution in [1.82, 2.24) is 10.6 Å². The summed E-state index contributed by atoms with van der Waals surface area (Å²) in [4.78, 5) is 40.1. The first-order valence-corrected chi connectivity index (χ1v) is 10.2. The molecule has 0 atom stereocenters. The largest absolute Gasteiger partial charge is 0.349 e. The van der Waals surface area contributed by atoms with Crippen molar-refractivity contribution in [1.29, 1.82) is 5.26 Å². The van der Waals surface area contributed by atoms with Crippen LogP contribution in [-0.4, -0.2) is 28.6 Å². The Morgan fingerprint density at radius 3 is 2.34 bits per heavy atom. The Kier molecular flexibility index (Phi) is 5.77. The lowest BCUT2D eigenvalue weighted by atomic mass is 10.0. The van der Waals surface area contributed by atoms with Gasteiger partial charge in [0.1, 0.15) is 17.5 Å². The van der Waals surface area contributed by atoms with E-state index in [0.29, 0.717) is 11.1 Å². The van der Waals surface area contributed by atoms with Gasteiger partial charge in [-0.1, -0.05) is 37.1 Å². The minimum Gasteiger partial charge on any atom is -0.349 e. The fourth-order valence-electron chi connectivity index (χ4n) is 3.87. The van der Waals surface area contributed by atoms with E-state index in [0.717, 1.165) is 25.7 Å². The van der Waals surface area contributed by atoms with Crippen LogP contribution < -0.4 is 10.6 Å². The first kappa shape index (κ1) is 20.9. The lowest BCUT2D eigenvalue weighted by molar-refractivity contribution is -0.384. The van der Waals surface area contributed by atoms with Crippen molar-refractivity contribution in [3.05, 3.63) is 80.9 Å². The fraction of sp³-hybridized carbons (Fsp3) is 0.217. The quantitative estimate of drug-likeness (QED) is 0.333. The number of nitriles is 1. The number of carbonyl (C=O) groups is 2. The maximum atomic E-state index is 12.8. The molecule has 0 spiro atoms. The summed E-state index contributed by atoms with van der Waals surface area (Å²) in [5.41, 5.74) is 1.35. The van der Waals surface area contributed by atoms with Crippen LogP contribution in [0.5, 0.6) is 0 Å². The Morgan fingerprint density at radius 2 is 1.72 bits per heavy atom. The number of hydrogen-bond acceptors (Lipinski definition) is 6. The van der Waals surface area contributed by atoms with Crippen molar-refractivity contribution < 1.29 is 14.5 Å². The Labute approximate surface area is 183 Å². The zero-order valence-electron chi connectivity index (χ0n) is 17.0. The number of fused-ring (bicyclic) bond motifs is 1. The van der Waals surface area contributed by atoms with Gasteiger partial charge in [0.25, 0.3) is 17.5 Å². The summed E-state index contributed by atoms with van der Waals surface area (Å²) in [5.74, 6) is -0.778. The van der Waals surface area contributed by atoms with Crippen LogP contribution in [0.2, 0.25) is 0 Å². The van der Waals surface area contributed by atoms with Gasteiger partial charge in [-0.3, -0.25) is 19.7 Å².